The van der Waals surface area contributed by atoms with E-state index in [4.69, 9.17) is 9.84 Å². The molecule has 130 valence electrons. The van der Waals surface area contributed by atoms with Crippen LogP contribution in [0.25, 0.3) is 0 Å². The summed E-state index contributed by atoms with van der Waals surface area (Å²) in [5, 5.41) is 15.7. The fourth-order valence-electron chi connectivity index (χ4n) is 2.23. The minimum Gasteiger partial charge on any atom is -0.488 e. The third-order valence-corrected chi connectivity index (χ3v) is 4.10. The second-order valence-electron chi connectivity index (χ2n) is 5.77. The average Bonchev–Trinajstić information content (AvgIpc) is 2.58. The Labute approximate surface area is 152 Å². The Balaban J connectivity index is 1.73. The summed E-state index contributed by atoms with van der Waals surface area (Å²) in [6.45, 7) is 5.46. The fourth-order valence-corrected chi connectivity index (χ4v) is 2.77. The highest BCUT2D eigenvalue weighted by Crippen LogP contribution is 2.26. The third-order valence-electron chi connectivity index (χ3n) is 3.48. The van der Waals surface area contributed by atoms with Gasteiger partial charge < -0.3 is 20.5 Å². The predicted molar refractivity (Wildman–Crippen MR) is 101 cm³/mol. The first-order valence-electron chi connectivity index (χ1n) is 8.20. The molecule has 0 aliphatic carbocycles. The van der Waals surface area contributed by atoms with E-state index in [1.165, 1.54) is 5.56 Å². The molecule has 0 bridgehead atoms. The van der Waals surface area contributed by atoms with Crippen LogP contribution in [0.5, 0.6) is 5.75 Å². The van der Waals surface area contributed by atoms with Crippen LogP contribution in [0.2, 0.25) is 0 Å². The molecule has 3 N–H and O–H groups in total. The summed E-state index contributed by atoms with van der Waals surface area (Å²) in [4.78, 5) is 0. The van der Waals surface area contributed by atoms with Crippen molar-refractivity contribution < 1.29 is 9.84 Å². The van der Waals surface area contributed by atoms with E-state index >= 15 is 0 Å². The van der Waals surface area contributed by atoms with Gasteiger partial charge in [-0.15, -0.1) is 0 Å². The van der Waals surface area contributed by atoms with Crippen LogP contribution in [-0.4, -0.2) is 30.8 Å². The second-order valence-corrected chi connectivity index (χ2v) is 6.62. The smallest absolute Gasteiger partial charge is 0.134 e. The molecule has 0 aromatic heterocycles. The maximum absolute atomic E-state index is 9.16. The maximum atomic E-state index is 9.16. The van der Waals surface area contributed by atoms with Crippen LogP contribution in [0.1, 0.15) is 18.1 Å². The van der Waals surface area contributed by atoms with E-state index in [9.17, 15) is 0 Å². The molecule has 0 aliphatic rings. The van der Waals surface area contributed by atoms with Crippen LogP contribution < -0.4 is 15.4 Å². The Morgan fingerprint density at radius 1 is 1.04 bits per heavy atom. The number of aliphatic hydroxyl groups is 1. The van der Waals surface area contributed by atoms with Gasteiger partial charge >= 0.3 is 0 Å². The lowest BCUT2D eigenvalue weighted by atomic mass is 10.2. The topological polar surface area (TPSA) is 53.5 Å². The van der Waals surface area contributed by atoms with E-state index in [0.717, 1.165) is 35.4 Å². The summed E-state index contributed by atoms with van der Waals surface area (Å²) in [6, 6.07) is 16.3. The molecule has 2 rings (SSSR count). The lowest BCUT2D eigenvalue weighted by Gasteiger charge is -2.11. The standard InChI is InChI=1S/C19H25BrN2O2/c1-15(23)12-21-9-10-22-13-17-7-8-19(18(20)11-17)24-14-16-5-3-2-4-6-16/h2-8,11,15,21-23H,9-10,12-14H2,1H3. The van der Waals surface area contributed by atoms with Crippen molar-refractivity contribution in [2.75, 3.05) is 19.6 Å². The molecule has 0 fully saturated rings. The van der Waals surface area contributed by atoms with E-state index in [-0.39, 0.29) is 6.10 Å². The van der Waals surface area contributed by atoms with Crippen LogP contribution in [0, 0.1) is 0 Å². The molecule has 0 radical (unpaired) electrons. The molecule has 0 heterocycles. The Kier molecular flexibility index (Phi) is 8.25. The Hall–Kier alpha value is -1.40. The van der Waals surface area contributed by atoms with E-state index in [0.29, 0.717) is 13.2 Å². The van der Waals surface area contributed by atoms with E-state index in [2.05, 4.69) is 50.8 Å². The molecule has 2 aromatic rings. The molecule has 2 aromatic carbocycles. The number of nitrogens with one attached hydrogen (secondary N) is 2. The normalized spacial score (nSPS) is 12.1. The molecule has 1 unspecified atom stereocenters. The highest BCUT2D eigenvalue weighted by atomic mass is 79.9. The predicted octanol–water partition coefficient (Wildman–Crippen LogP) is 3.09. The van der Waals surface area contributed by atoms with Crippen molar-refractivity contribution in [1.29, 1.82) is 0 Å². The van der Waals surface area contributed by atoms with Crippen molar-refractivity contribution in [1.82, 2.24) is 10.6 Å². The van der Waals surface area contributed by atoms with Crippen LogP contribution >= 0.6 is 15.9 Å². The largest absolute Gasteiger partial charge is 0.488 e. The maximum Gasteiger partial charge on any atom is 0.134 e. The molecule has 5 heteroatoms. The van der Waals surface area contributed by atoms with Gasteiger partial charge in [0.15, 0.2) is 0 Å². The summed E-state index contributed by atoms with van der Waals surface area (Å²) in [7, 11) is 0. The quantitative estimate of drug-likeness (QED) is 0.543. The zero-order valence-electron chi connectivity index (χ0n) is 14.0. The number of benzene rings is 2. The van der Waals surface area contributed by atoms with Gasteiger partial charge in [-0.05, 0) is 46.1 Å². The Morgan fingerprint density at radius 2 is 1.79 bits per heavy atom. The highest BCUT2D eigenvalue weighted by Gasteiger charge is 2.03. The number of ether oxygens (including phenoxy) is 1. The van der Waals surface area contributed by atoms with Gasteiger partial charge in [0.1, 0.15) is 12.4 Å². The third kappa shape index (κ3) is 7.01. The van der Waals surface area contributed by atoms with Crippen molar-refractivity contribution >= 4 is 15.9 Å². The van der Waals surface area contributed by atoms with Crippen molar-refractivity contribution in [3.63, 3.8) is 0 Å². The van der Waals surface area contributed by atoms with Gasteiger partial charge in [-0.25, -0.2) is 0 Å². The van der Waals surface area contributed by atoms with Gasteiger partial charge in [-0.1, -0.05) is 36.4 Å². The molecular weight excluding hydrogens is 368 g/mol. The molecule has 0 saturated heterocycles. The van der Waals surface area contributed by atoms with Gasteiger partial charge in [0.05, 0.1) is 10.6 Å². The summed E-state index contributed by atoms with van der Waals surface area (Å²) in [5.41, 5.74) is 2.35. The molecular formula is C19H25BrN2O2. The minimum atomic E-state index is -0.301. The lowest BCUT2D eigenvalue weighted by molar-refractivity contribution is 0.191. The van der Waals surface area contributed by atoms with Crippen molar-refractivity contribution in [3.8, 4) is 5.75 Å². The summed E-state index contributed by atoms with van der Waals surface area (Å²) in [6.07, 6.45) is -0.301. The fraction of sp³-hybridized carbons (Fsp3) is 0.368. The molecule has 0 spiro atoms. The monoisotopic (exact) mass is 392 g/mol. The van der Waals surface area contributed by atoms with Gasteiger partial charge in [0.2, 0.25) is 0 Å². The average molecular weight is 393 g/mol. The van der Waals surface area contributed by atoms with Crippen LogP contribution in [-0.2, 0) is 13.2 Å². The zero-order chi connectivity index (χ0) is 17.2. The van der Waals surface area contributed by atoms with Crippen molar-refractivity contribution in [2.24, 2.45) is 0 Å². The highest BCUT2D eigenvalue weighted by molar-refractivity contribution is 9.10. The Morgan fingerprint density at radius 3 is 2.50 bits per heavy atom. The molecule has 1 atom stereocenters. The molecule has 0 saturated carbocycles. The van der Waals surface area contributed by atoms with Crippen LogP contribution in [0.3, 0.4) is 0 Å². The second kappa shape index (κ2) is 10.5. The lowest BCUT2D eigenvalue weighted by Crippen LogP contribution is -2.31. The molecule has 4 nitrogen and oxygen atoms in total. The summed E-state index contributed by atoms with van der Waals surface area (Å²) >= 11 is 3.58. The first-order valence-corrected chi connectivity index (χ1v) is 8.99. The van der Waals surface area contributed by atoms with Crippen molar-refractivity contribution in [3.05, 3.63) is 64.1 Å². The van der Waals surface area contributed by atoms with Crippen LogP contribution in [0.4, 0.5) is 0 Å². The van der Waals surface area contributed by atoms with Gasteiger partial charge in [-0.3, -0.25) is 0 Å². The van der Waals surface area contributed by atoms with E-state index < -0.39 is 0 Å². The first kappa shape index (κ1) is 18.9. The first-order chi connectivity index (χ1) is 11.6. The van der Waals surface area contributed by atoms with Crippen LogP contribution in [0.15, 0.2) is 53.0 Å². The molecule has 24 heavy (non-hydrogen) atoms. The summed E-state index contributed by atoms with van der Waals surface area (Å²) in [5.74, 6) is 0.848. The molecule has 0 aliphatic heterocycles. The number of halogens is 1. The summed E-state index contributed by atoms with van der Waals surface area (Å²) < 4.78 is 6.82. The molecule has 0 amide bonds. The van der Waals surface area contributed by atoms with E-state index in [1.54, 1.807) is 6.92 Å². The number of rotatable bonds is 10. The zero-order valence-corrected chi connectivity index (χ0v) is 15.6. The SMILES string of the molecule is CC(O)CNCCNCc1ccc(OCc2ccccc2)c(Br)c1. The van der Waals surface area contributed by atoms with Gasteiger partial charge in [0.25, 0.3) is 0 Å². The number of hydrogen-bond donors (Lipinski definition) is 3. The van der Waals surface area contributed by atoms with E-state index in [1.807, 2.05) is 24.3 Å². The number of hydrogen-bond acceptors (Lipinski definition) is 4. The number of aliphatic hydroxyl groups excluding tert-OH is 1. The minimum absolute atomic E-state index is 0.301. The van der Waals surface area contributed by atoms with Gasteiger partial charge in [0, 0.05) is 26.2 Å². The van der Waals surface area contributed by atoms with Crippen molar-refractivity contribution in [2.45, 2.75) is 26.2 Å². The Bertz CT molecular complexity index is 606. The van der Waals surface area contributed by atoms with Gasteiger partial charge in [-0.2, -0.15) is 0 Å².